The minimum absolute atomic E-state index is 0.172. The van der Waals surface area contributed by atoms with E-state index in [1.165, 1.54) is 4.90 Å². The van der Waals surface area contributed by atoms with Crippen LogP contribution in [-0.4, -0.2) is 29.2 Å². The molecule has 0 aromatic heterocycles. The highest BCUT2D eigenvalue weighted by Crippen LogP contribution is 2.35. The number of halogens is 2. The molecule has 7 heteroatoms. The molecule has 2 aromatic rings. The molecule has 0 saturated carbocycles. The van der Waals surface area contributed by atoms with E-state index in [1.54, 1.807) is 24.3 Å². The van der Waals surface area contributed by atoms with Crippen LogP contribution in [0.15, 0.2) is 41.3 Å². The van der Waals surface area contributed by atoms with Crippen molar-refractivity contribution in [2.24, 2.45) is 0 Å². The average Bonchev–Trinajstić information content (AvgIpc) is 2.88. The minimum atomic E-state index is -0.370. The van der Waals surface area contributed by atoms with Crippen molar-refractivity contribution < 1.29 is 14.3 Å². The van der Waals surface area contributed by atoms with Crippen molar-refractivity contribution in [3.63, 3.8) is 0 Å². The van der Waals surface area contributed by atoms with Gasteiger partial charge in [-0.3, -0.25) is 14.5 Å². The van der Waals surface area contributed by atoms with Crippen molar-refractivity contribution in [3.8, 4) is 5.75 Å². The molecule has 0 atom stereocenters. The second-order valence-corrected chi connectivity index (χ2v) is 7.89. The van der Waals surface area contributed by atoms with E-state index in [0.29, 0.717) is 20.5 Å². The molecule has 4 nitrogen and oxygen atoms in total. The molecule has 0 spiro atoms. The van der Waals surface area contributed by atoms with Crippen LogP contribution in [0.3, 0.4) is 0 Å². The maximum Gasteiger partial charge on any atom is 0.293 e. The van der Waals surface area contributed by atoms with E-state index in [0.717, 1.165) is 28.6 Å². The first-order chi connectivity index (χ1) is 12.9. The maximum absolute atomic E-state index is 12.6. The lowest BCUT2D eigenvalue weighted by Crippen LogP contribution is -2.32. The molecule has 3 rings (SSSR count). The van der Waals surface area contributed by atoms with Crippen LogP contribution < -0.4 is 4.74 Å². The third-order valence-corrected chi connectivity index (χ3v) is 5.63. The number of nitrogens with zero attached hydrogens (tertiary/aromatic N) is 1. The lowest BCUT2D eigenvalue weighted by Gasteiger charge is -2.14. The van der Waals surface area contributed by atoms with Crippen molar-refractivity contribution >= 4 is 52.2 Å². The van der Waals surface area contributed by atoms with Crippen LogP contribution in [0.2, 0.25) is 10.0 Å². The van der Waals surface area contributed by atoms with Crippen LogP contribution in [0, 0.1) is 13.8 Å². The lowest BCUT2D eigenvalue weighted by molar-refractivity contribution is -0.123. The van der Waals surface area contributed by atoms with Gasteiger partial charge in [-0.2, -0.15) is 0 Å². The van der Waals surface area contributed by atoms with Crippen LogP contribution in [-0.2, 0) is 4.79 Å². The van der Waals surface area contributed by atoms with E-state index in [2.05, 4.69) is 0 Å². The molecule has 1 aliphatic rings. The van der Waals surface area contributed by atoms with Gasteiger partial charge in [0.25, 0.3) is 11.1 Å². The first kappa shape index (κ1) is 19.8. The Bertz CT molecular complexity index is 923. The largest absolute Gasteiger partial charge is 0.491 e. The average molecular weight is 422 g/mol. The summed E-state index contributed by atoms with van der Waals surface area (Å²) in [4.78, 5) is 26.3. The number of imide groups is 1. The Morgan fingerprint density at radius 1 is 1.11 bits per heavy atom. The van der Waals surface area contributed by atoms with E-state index >= 15 is 0 Å². The molecule has 0 radical (unpaired) electrons. The molecule has 27 heavy (non-hydrogen) atoms. The van der Waals surface area contributed by atoms with Gasteiger partial charge in [-0.05, 0) is 61.0 Å². The van der Waals surface area contributed by atoms with E-state index < -0.39 is 0 Å². The molecule has 0 bridgehead atoms. The first-order valence-corrected chi connectivity index (χ1v) is 9.83. The fourth-order valence-electron chi connectivity index (χ4n) is 2.58. The second-order valence-electron chi connectivity index (χ2n) is 6.09. The number of aryl methyl sites for hydroxylation is 2. The molecule has 140 valence electrons. The summed E-state index contributed by atoms with van der Waals surface area (Å²) in [6.07, 6.45) is 1.56. The second kappa shape index (κ2) is 8.38. The van der Waals surface area contributed by atoms with Crippen LogP contribution in [0.4, 0.5) is 4.79 Å². The predicted molar refractivity (Wildman–Crippen MR) is 111 cm³/mol. The summed E-state index contributed by atoms with van der Waals surface area (Å²) in [5.41, 5.74) is 2.61. The SMILES string of the molecule is Cc1ccc(C)c(OCCN2C(=O)S/C(=C\c3c(Cl)cccc3Cl)C2=O)c1. The Kier molecular flexibility index (Phi) is 6.15. The number of hydrogen-bond acceptors (Lipinski definition) is 4. The highest BCUT2D eigenvalue weighted by Gasteiger charge is 2.35. The summed E-state index contributed by atoms with van der Waals surface area (Å²) in [5.74, 6) is 0.380. The Labute approximate surface area is 172 Å². The number of benzene rings is 2. The third-order valence-electron chi connectivity index (χ3n) is 4.06. The molecule has 0 N–H and O–H groups in total. The standard InChI is InChI=1S/C20H17Cl2NO3S/c1-12-6-7-13(2)17(10-12)26-9-8-23-19(24)18(27-20(23)25)11-14-15(21)4-3-5-16(14)22/h3-7,10-11H,8-9H2,1-2H3/b18-11-. The third kappa shape index (κ3) is 4.49. The van der Waals surface area contributed by atoms with Gasteiger partial charge in [0.2, 0.25) is 0 Å². The number of carbonyl (C=O) groups excluding carboxylic acids is 2. The van der Waals surface area contributed by atoms with Gasteiger partial charge in [0.1, 0.15) is 12.4 Å². The molecule has 2 amide bonds. The number of thioether (sulfide) groups is 1. The summed E-state index contributed by atoms with van der Waals surface area (Å²) < 4.78 is 5.75. The molecule has 0 aliphatic carbocycles. The monoisotopic (exact) mass is 421 g/mol. The summed E-state index contributed by atoms with van der Waals surface area (Å²) in [7, 11) is 0. The summed E-state index contributed by atoms with van der Waals surface area (Å²) in [6.45, 7) is 4.33. The van der Waals surface area contributed by atoms with E-state index in [9.17, 15) is 9.59 Å². The molecule has 0 unspecified atom stereocenters. The summed E-state index contributed by atoms with van der Waals surface area (Å²) in [6, 6.07) is 11.0. The van der Waals surface area contributed by atoms with Crippen molar-refractivity contribution in [1.82, 2.24) is 4.90 Å². The van der Waals surface area contributed by atoms with E-state index in [-0.39, 0.29) is 24.3 Å². The van der Waals surface area contributed by atoms with Gasteiger partial charge in [-0.25, -0.2) is 0 Å². The van der Waals surface area contributed by atoms with Gasteiger partial charge in [0.15, 0.2) is 0 Å². The lowest BCUT2D eigenvalue weighted by atomic mass is 10.1. The first-order valence-electron chi connectivity index (χ1n) is 8.26. The van der Waals surface area contributed by atoms with Crippen LogP contribution in [0.25, 0.3) is 6.08 Å². The Morgan fingerprint density at radius 3 is 2.52 bits per heavy atom. The van der Waals surface area contributed by atoms with Gasteiger partial charge in [-0.1, -0.05) is 41.4 Å². The van der Waals surface area contributed by atoms with Gasteiger partial charge >= 0.3 is 0 Å². The highest BCUT2D eigenvalue weighted by atomic mass is 35.5. The van der Waals surface area contributed by atoms with Crippen LogP contribution in [0.5, 0.6) is 5.75 Å². The predicted octanol–water partition coefficient (Wildman–Crippen LogP) is 5.73. The number of rotatable bonds is 5. The smallest absolute Gasteiger partial charge is 0.293 e. The Hall–Kier alpha value is -1.95. The quantitative estimate of drug-likeness (QED) is 0.578. The van der Waals surface area contributed by atoms with Crippen molar-refractivity contribution in [2.45, 2.75) is 13.8 Å². The van der Waals surface area contributed by atoms with Crippen molar-refractivity contribution in [3.05, 3.63) is 68.0 Å². The molecule has 1 heterocycles. The number of amides is 2. The summed E-state index contributed by atoms with van der Waals surface area (Å²) in [5, 5.41) is 0.513. The number of ether oxygens (including phenoxy) is 1. The van der Waals surface area contributed by atoms with Gasteiger partial charge in [0.05, 0.1) is 11.4 Å². The van der Waals surface area contributed by atoms with Gasteiger partial charge in [-0.15, -0.1) is 0 Å². The summed E-state index contributed by atoms with van der Waals surface area (Å²) >= 11 is 13.2. The minimum Gasteiger partial charge on any atom is -0.491 e. The van der Waals surface area contributed by atoms with E-state index in [1.807, 2.05) is 32.0 Å². The maximum atomic E-state index is 12.6. The van der Waals surface area contributed by atoms with Crippen molar-refractivity contribution in [2.75, 3.05) is 13.2 Å². The fourth-order valence-corrected chi connectivity index (χ4v) is 3.94. The van der Waals surface area contributed by atoms with Crippen LogP contribution in [0.1, 0.15) is 16.7 Å². The molecule has 1 saturated heterocycles. The topological polar surface area (TPSA) is 46.6 Å². The molecule has 1 fully saturated rings. The highest BCUT2D eigenvalue weighted by molar-refractivity contribution is 8.18. The van der Waals surface area contributed by atoms with Gasteiger partial charge in [0, 0.05) is 15.6 Å². The zero-order chi connectivity index (χ0) is 19.6. The van der Waals surface area contributed by atoms with E-state index in [4.69, 9.17) is 27.9 Å². The van der Waals surface area contributed by atoms with Crippen LogP contribution >= 0.6 is 35.0 Å². The normalized spacial score (nSPS) is 15.7. The van der Waals surface area contributed by atoms with Gasteiger partial charge < -0.3 is 4.74 Å². The molecular weight excluding hydrogens is 405 g/mol. The van der Waals surface area contributed by atoms with Crippen molar-refractivity contribution in [1.29, 1.82) is 0 Å². The number of hydrogen-bond donors (Lipinski definition) is 0. The zero-order valence-electron chi connectivity index (χ0n) is 14.8. The molecule has 2 aromatic carbocycles. The fraction of sp³-hybridized carbons (Fsp3) is 0.200. The Morgan fingerprint density at radius 2 is 1.81 bits per heavy atom. The number of carbonyl (C=O) groups is 2. The molecular formula is C20H17Cl2NO3S. The zero-order valence-corrected chi connectivity index (χ0v) is 17.1. The Balaban J connectivity index is 1.69. The molecule has 1 aliphatic heterocycles.